The zero-order chi connectivity index (χ0) is 6.69. The third kappa shape index (κ3) is 1.27. The molecule has 0 radical (unpaired) electrons. The van der Waals surface area contributed by atoms with Crippen LogP contribution in [0.2, 0.25) is 0 Å². The maximum absolute atomic E-state index is 8.29. The summed E-state index contributed by atoms with van der Waals surface area (Å²) >= 11 is 1.54. The van der Waals surface area contributed by atoms with Gasteiger partial charge < -0.3 is 0 Å². The zero-order valence-corrected chi connectivity index (χ0v) is 5.90. The van der Waals surface area contributed by atoms with Crippen LogP contribution in [0.5, 0.6) is 0 Å². The molecule has 3 heteroatoms. The van der Waals surface area contributed by atoms with Crippen molar-refractivity contribution in [2.75, 3.05) is 0 Å². The Bertz CT molecular complexity index is 233. The highest BCUT2D eigenvalue weighted by Crippen LogP contribution is 2.11. The maximum atomic E-state index is 8.29. The van der Waals surface area contributed by atoms with Crippen LogP contribution in [-0.4, -0.2) is 4.98 Å². The van der Waals surface area contributed by atoms with E-state index in [2.05, 4.69) is 11.1 Å². The second-order valence-electron chi connectivity index (χ2n) is 1.70. The number of aryl methyl sites for hydroxylation is 1. The lowest BCUT2D eigenvalue weighted by Crippen LogP contribution is -1.78. The first-order valence-corrected chi connectivity index (χ1v) is 3.48. The van der Waals surface area contributed by atoms with E-state index >= 15 is 0 Å². The van der Waals surface area contributed by atoms with Crippen LogP contribution in [0.1, 0.15) is 10.6 Å². The molecule has 0 unspecified atom stereocenters. The van der Waals surface area contributed by atoms with Gasteiger partial charge >= 0.3 is 0 Å². The van der Waals surface area contributed by atoms with Gasteiger partial charge in [-0.2, -0.15) is 5.26 Å². The van der Waals surface area contributed by atoms with E-state index in [-0.39, 0.29) is 0 Å². The van der Waals surface area contributed by atoms with E-state index in [1.807, 2.05) is 6.92 Å². The highest BCUT2D eigenvalue weighted by molar-refractivity contribution is 7.09. The molecule has 46 valence electrons. The Morgan fingerprint density at radius 2 is 2.67 bits per heavy atom. The van der Waals surface area contributed by atoms with Crippen molar-refractivity contribution < 1.29 is 0 Å². The van der Waals surface area contributed by atoms with E-state index in [0.717, 1.165) is 10.6 Å². The molecule has 1 aromatic heterocycles. The minimum absolute atomic E-state index is 0.497. The summed E-state index contributed by atoms with van der Waals surface area (Å²) in [7, 11) is 0. The Morgan fingerprint density at radius 1 is 1.89 bits per heavy atom. The predicted molar refractivity (Wildman–Crippen MR) is 36.2 cm³/mol. The third-order valence-electron chi connectivity index (χ3n) is 1.08. The lowest BCUT2D eigenvalue weighted by atomic mass is 10.3. The van der Waals surface area contributed by atoms with E-state index in [1.54, 1.807) is 16.8 Å². The molecule has 0 saturated heterocycles. The number of aromatic nitrogens is 1. The lowest BCUT2D eigenvalue weighted by molar-refractivity contribution is 1.18. The normalized spacial score (nSPS) is 8.89. The molecule has 0 aliphatic carbocycles. The predicted octanol–water partition coefficient (Wildman–Crippen LogP) is 1.52. The molecule has 0 amide bonds. The fourth-order valence-electron chi connectivity index (χ4n) is 0.568. The molecular weight excluding hydrogens is 132 g/mol. The van der Waals surface area contributed by atoms with E-state index < -0.39 is 0 Å². The van der Waals surface area contributed by atoms with Crippen LogP contribution in [0.3, 0.4) is 0 Å². The molecule has 0 saturated carbocycles. The van der Waals surface area contributed by atoms with Crippen LogP contribution in [0.4, 0.5) is 0 Å². The Morgan fingerprint density at radius 3 is 3.11 bits per heavy atom. The lowest BCUT2D eigenvalue weighted by Gasteiger charge is -1.83. The largest absolute Gasteiger partial charge is 0.250 e. The van der Waals surface area contributed by atoms with Crippen molar-refractivity contribution in [3.05, 3.63) is 16.1 Å². The topological polar surface area (TPSA) is 36.7 Å². The Hall–Kier alpha value is -0.880. The maximum Gasteiger partial charge on any atom is 0.0797 e. The fraction of sp³-hybridized carbons (Fsp3) is 0.333. The number of hydrogen-bond donors (Lipinski definition) is 0. The van der Waals surface area contributed by atoms with Crippen molar-refractivity contribution in [3.8, 4) is 6.07 Å². The van der Waals surface area contributed by atoms with Crippen LogP contribution in [0, 0.1) is 18.3 Å². The van der Waals surface area contributed by atoms with Crippen LogP contribution in [-0.2, 0) is 6.42 Å². The Balaban J connectivity index is 2.84. The molecule has 9 heavy (non-hydrogen) atoms. The fourth-order valence-corrected chi connectivity index (χ4v) is 1.28. The molecule has 1 rings (SSSR count). The molecule has 0 aliphatic rings. The minimum atomic E-state index is 0.497. The summed E-state index contributed by atoms with van der Waals surface area (Å²) < 4.78 is 0. The van der Waals surface area contributed by atoms with Crippen LogP contribution >= 0.6 is 11.3 Å². The highest BCUT2D eigenvalue weighted by atomic mass is 32.1. The van der Waals surface area contributed by atoms with Crippen molar-refractivity contribution >= 4 is 11.3 Å². The standard InChI is InChI=1S/C6H6N2S/c1-5-6(2-3-7)9-4-8-5/h4H,2H2,1H3. The van der Waals surface area contributed by atoms with Crippen LogP contribution in [0.15, 0.2) is 5.51 Å². The zero-order valence-electron chi connectivity index (χ0n) is 5.09. The van der Waals surface area contributed by atoms with Crippen LogP contribution in [0.25, 0.3) is 0 Å². The monoisotopic (exact) mass is 138 g/mol. The second-order valence-corrected chi connectivity index (χ2v) is 2.64. The smallest absolute Gasteiger partial charge is 0.0797 e. The third-order valence-corrected chi connectivity index (χ3v) is 2.02. The summed E-state index contributed by atoms with van der Waals surface area (Å²) in [5.74, 6) is 0. The van der Waals surface area contributed by atoms with E-state index in [1.165, 1.54) is 0 Å². The molecule has 0 aliphatic heterocycles. The molecule has 0 N–H and O–H groups in total. The molecule has 2 nitrogen and oxygen atoms in total. The van der Waals surface area contributed by atoms with Gasteiger partial charge in [-0.25, -0.2) is 4.98 Å². The molecule has 1 aromatic rings. The first kappa shape index (κ1) is 6.24. The van der Waals surface area contributed by atoms with Crippen molar-refractivity contribution in [3.63, 3.8) is 0 Å². The van der Waals surface area contributed by atoms with Gasteiger partial charge in [0.1, 0.15) is 0 Å². The number of rotatable bonds is 1. The average molecular weight is 138 g/mol. The summed E-state index contributed by atoms with van der Waals surface area (Å²) in [6.07, 6.45) is 0.497. The minimum Gasteiger partial charge on any atom is -0.250 e. The van der Waals surface area contributed by atoms with Gasteiger partial charge in [0, 0.05) is 4.88 Å². The molecular formula is C6H6N2S. The van der Waals surface area contributed by atoms with Gasteiger partial charge in [-0.3, -0.25) is 0 Å². The first-order valence-electron chi connectivity index (χ1n) is 2.60. The van der Waals surface area contributed by atoms with Crippen molar-refractivity contribution in [1.82, 2.24) is 4.98 Å². The van der Waals surface area contributed by atoms with E-state index in [4.69, 9.17) is 5.26 Å². The van der Waals surface area contributed by atoms with Gasteiger partial charge in [0.25, 0.3) is 0 Å². The van der Waals surface area contributed by atoms with Gasteiger partial charge in [-0.15, -0.1) is 11.3 Å². The van der Waals surface area contributed by atoms with Crippen molar-refractivity contribution in [2.45, 2.75) is 13.3 Å². The van der Waals surface area contributed by atoms with Gasteiger partial charge in [0.15, 0.2) is 0 Å². The molecule has 0 fully saturated rings. The van der Waals surface area contributed by atoms with Crippen molar-refractivity contribution in [2.24, 2.45) is 0 Å². The van der Waals surface area contributed by atoms with E-state index in [0.29, 0.717) is 6.42 Å². The SMILES string of the molecule is Cc1ncsc1CC#N. The van der Waals surface area contributed by atoms with Gasteiger partial charge in [0.2, 0.25) is 0 Å². The number of nitrogens with zero attached hydrogens (tertiary/aromatic N) is 2. The second kappa shape index (κ2) is 2.60. The average Bonchev–Trinajstić information content (AvgIpc) is 2.18. The van der Waals surface area contributed by atoms with Crippen LogP contribution < -0.4 is 0 Å². The number of thiazole rings is 1. The molecule has 0 atom stereocenters. The molecule has 0 spiro atoms. The molecule has 1 heterocycles. The van der Waals surface area contributed by atoms with E-state index in [9.17, 15) is 0 Å². The van der Waals surface area contributed by atoms with Crippen molar-refractivity contribution in [1.29, 1.82) is 5.26 Å². The summed E-state index contributed by atoms with van der Waals surface area (Å²) in [5, 5.41) is 8.29. The Kier molecular flexibility index (Phi) is 1.81. The summed E-state index contributed by atoms with van der Waals surface area (Å²) in [5.41, 5.74) is 2.75. The summed E-state index contributed by atoms with van der Waals surface area (Å²) in [4.78, 5) is 5.08. The highest BCUT2D eigenvalue weighted by Gasteiger charge is 1.97. The first-order chi connectivity index (χ1) is 4.34. The molecule has 0 bridgehead atoms. The van der Waals surface area contributed by atoms with Gasteiger partial charge in [0.05, 0.1) is 23.7 Å². The molecule has 0 aromatic carbocycles. The number of nitriles is 1. The van der Waals surface area contributed by atoms with Gasteiger partial charge in [-0.05, 0) is 6.92 Å². The quantitative estimate of drug-likeness (QED) is 0.590. The van der Waals surface area contributed by atoms with Gasteiger partial charge in [-0.1, -0.05) is 0 Å². The summed E-state index contributed by atoms with van der Waals surface area (Å²) in [6.45, 7) is 1.92. The summed E-state index contributed by atoms with van der Waals surface area (Å²) in [6, 6.07) is 2.08. The number of hydrogen-bond acceptors (Lipinski definition) is 3. The Labute approximate surface area is 57.8 Å².